The van der Waals surface area contributed by atoms with Crippen molar-refractivity contribution in [1.29, 1.82) is 0 Å². The maximum atomic E-state index is 11.4. The van der Waals surface area contributed by atoms with Crippen molar-refractivity contribution in [3.05, 3.63) is 0 Å². The van der Waals surface area contributed by atoms with Gasteiger partial charge >= 0.3 is 0 Å². The van der Waals surface area contributed by atoms with Gasteiger partial charge in [0.25, 0.3) is 0 Å². The van der Waals surface area contributed by atoms with Crippen LogP contribution in [0.5, 0.6) is 0 Å². The molecule has 0 bridgehead atoms. The highest BCUT2D eigenvalue weighted by molar-refractivity contribution is 5.76. The van der Waals surface area contributed by atoms with Crippen molar-refractivity contribution in [1.82, 2.24) is 5.32 Å². The highest BCUT2D eigenvalue weighted by Gasteiger charge is 2.16. The van der Waals surface area contributed by atoms with Crippen molar-refractivity contribution >= 4 is 5.91 Å². The van der Waals surface area contributed by atoms with Crippen molar-refractivity contribution in [2.24, 2.45) is 5.73 Å². The summed E-state index contributed by atoms with van der Waals surface area (Å²) in [6.45, 7) is 0.740. The number of rotatable bonds is 6. The summed E-state index contributed by atoms with van der Waals surface area (Å²) in [5.74, 6) is 0.230. The second kappa shape index (κ2) is 6.82. The predicted molar refractivity (Wildman–Crippen MR) is 57.9 cm³/mol. The summed E-state index contributed by atoms with van der Waals surface area (Å²) in [5.41, 5.74) is 5.38. The lowest BCUT2D eigenvalue weighted by Gasteiger charge is -2.11. The van der Waals surface area contributed by atoms with E-state index in [1.807, 2.05) is 0 Å². The molecule has 0 spiro atoms. The van der Waals surface area contributed by atoms with E-state index in [9.17, 15) is 4.79 Å². The fraction of sp³-hybridized carbons (Fsp3) is 0.909. The van der Waals surface area contributed by atoms with Gasteiger partial charge in [-0.3, -0.25) is 4.79 Å². The molecule has 3 N–H and O–H groups in total. The molecule has 0 saturated heterocycles. The van der Waals surface area contributed by atoms with Crippen LogP contribution in [0.2, 0.25) is 0 Å². The zero-order valence-electron chi connectivity index (χ0n) is 8.93. The molecule has 0 aromatic carbocycles. The monoisotopic (exact) mass is 198 g/mol. The lowest BCUT2D eigenvalue weighted by molar-refractivity contribution is -0.121. The quantitative estimate of drug-likeness (QED) is 0.636. The summed E-state index contributed by atoms with van der Waals surface area (Å²) in [6.07, 6.45) is 8.68. The lowest BCUT2D eigenvalue weighted by Crippen LogP contribution is -2.32. The van der Waals surface area contributed by atoms with Crippen LogP contribution < -0.4 is 11.1 Å². The second-order valence-corrected chi connectivity index (χ2v) is 4.15. The van der Waals surface area contributed by atoms with Crippen molar-refractivity contribution in [2.75, 3.05) is 6.54 Å². The third-order valence-electron chi connectivity index (χ3n) is 2.83. The molecule has 0 heterocycles. The highest BCUT2D eigenvalue weighted by Crippen LogP contribution is 2.17. The summed E-state index contributed by atoms with van der Waals surface area (Å²) in [6, 6.07) is 0.469. The molecule has 3 nitrogen and oxygen atoms in total. The molecule has 1 fully saturated rings. The molecule has 0 unspecified atom stereocenters. The van der Waals surface area contributed by atoms with Crippen LogP contribution in [0.25, 0.3) is 0 Å². The average molecular weight is 198 g/mol. The van der Waals surface area contributed by atoms with Crippen LogP contribution in [0, 0.1) is 0 Å². The van der Waals surface area contributed by atoms with E-state index in [1.165, 1.54) is 25.7 Å². The Kier molecular flexibility index (Phi) is 5.60. The number of unbranched alkanes of at least 4 members (excludes halogenated alkanes) is 2. The van der Waals surface area contributed by atoms with E-state index in [1.54, 1.807) is 0 Å². The number of carbonyl (C=O) groups is 1. The molecule has 14 heavy (non-hydrogen) atoms. The van der Waals surface area contributed by atoms with E-state index in [0.717, 1.165) is 25.8 Å². The van der Waals surface area contributed by atoms with Gasteiger partial charge in [0.15, 0.2) is 0 Å². The van der Waals surface area contributed by atoms with E-state index in [-0.39, 0.29) is 5.91 Å². The number of amides is 1. The van der Waals surface area contributed by atoms with Crippen LogP contribution in [0.15, 0.2) is 0 Å². The fourth-order valence-electron chi connectivity index (χ4n) is 1.98. The minimum Gasteiger partial charge on any atom is -0.353 e. The summed E-state index contributed by atoms with van der Waals surface area (Å²) < 4.78 is 0. The predicted octanol–water partition coefficient (Wildman–Crippen LogP) is 1.56. The molecule has 1 amide bonds. The molecule has 1 rings (SSSR count). The molecule has 0 atom stereocenters. The molecule has 0 aromatic rings. The van der Waals surface area contributed by atoms with Gasteiger partial charge in [-0.25, -0.2) is 0 Å². The maximum absolute atomic E-state index is 11.4. The standard InChI is InChI=1S/C11H22N2O/c12-9-5-1-2-8-11(14)13-10-6-3-4-7-10/h10H,1-9,12H2,(H,13,14). The van der Waals surface area contributed by atoms with E-state index in [4.69, 9.17) is 5.73 Å². The molecular formula is C11H22N2O. The largest absolute Gasteiger partial charge is 0.353 e. The Morgan fingerprint density at radius 2 is 1.93 bits per heavy atom. The van der Waals surface area contributed by atoms with E-state index < -0.39 is 0 Å². The first kappa shape index (κ1) is 11.5. The molecule has 0 aliphatic heterocycles. The fourth-order valence-corrected chi connectivity index (χ4v) is 1.98. The minimum atomic E-state index is 0.230. The molecule has 0 radical (unpaired) electrons. The van der Waals surface area contributed by atoms with Crippen LogP contribution in [0.3, 0.4) is 0 Å². The Balaban J connectivity index is 1.98. The third-order valence-corrected chi connectivity index (χ3v) is 2.83. The molecule has 1 saturated carbocycles. The summed E-state index contributed by atoms with van der Waals surface area (Å²) in [4.78, 5) is 11.4. The van der Waals surface area contributed by atoms with Crippen molar-refractivity contribution < 1.29 is 4.79 Å². The molecule has 3 heteroatoms. The third kappa shape index (κ3) is 4.61. The Hall–Kier alpha value is -0.570. The van der Waals surface area contributed by atoms with Crippen molar-refractivity contribution in [3.8, 4) is 0 Å². The molecular weight excluding hydrogens is 176 g/mol. The van der Waals surface area contributed by atoms with Crippen LogP contribution >= 0.6 is 0 Å². The summed E-state index contributed by atoms with van der Waals surface area (Å²) in [5, 5.41) is 3.09. The minimum absolute atomic E-state index is 0.230. The van der Waals surface area contributed by atoms with Gasteiger partial charge in [0.1, 0.15) is 0 Å². The van der Waals surface area contributed by atoms with Crippen LogP contribution in [-0.4, -0.2) is 18.5 Å². The summed E-state index contributed by atoms with van der Waals surface area (Å²) >= 11 is 0. The van der Waals surface area contributed by atoms with Gasteiger partial charge in [-0.15, -0.1) is 0 Å². The van der Waals surface area contributed by atoms with Crippen molar-refractivity contribution in [3.63, 3.8) is 0 Å². The van der Waals surface area contributed by atoms with E-state index >= 15 is 0 Å². The van der Waals surface area contributed by atoms with E-state index in [0.29, 0.717) is 12.5 Å². The first-order valence-electron chi connectivity index (χ1n) is 5.82. The van der Waals surface area contributed by atoms with Gasteiger partial charge < -0.3 is 11.1 Å². The zero-order valence-corrected chi connectivity index (χ0v) is 8.93. The number of hydrogen-bond donors (Lipinski definition) is 2. The second-order valence-electron chi connectivity index (χ2n) is 4.15. The Bertz CT molecular complexity index is 165. The lowest BCUT2D eigenvalue weighted by atomic mass is 10.1. The topological polar surface area (TPSA) is 55.1 Å². The van der Waals surface area contributed by atoms with E-state index in [2.05, 4.69) is 5.32 Å². The average Bonchev–Trinajstić information content (AvgIpc) is 2.65. The van der Waals surface area contributed by atoms with Gasteiger partial charge in [0, 0.05) is 12.5 Å². The maximum Gasteiger partial charge on any atom is 0.220 e. The number of carbonyl (C=O) groups excluding carboxylic acids is 1. The number of nitrogens with one attached hydrogen (secondary N) is 1. The number of hydrogen-bond acceptors (Lipinski definition) is 2. The normalized spacial score (nSPS) is 17.2. The summed E-state index contributed by atoms with van der Waals surface area (Å²) in [7, 11) is 0. The Labute approximate surface area is 86.4 Å². The molecule has 1 aliphatic carbocycles. The molecule has 82 valence electrons. The van der Waals surface area contributed by atoms with Gasteiger partial charge in [-0.2, -0.15) is 0 Å². The SMILES string of the molecule is NCCCCCC(=O)NC1CCCC1. The van der Waals surface area contributed by atoms with Crippen LogP contribution in [-0.2, 0) is 4.79 Å². The molecule has 1 aliphatic rings. The van der Waals surface area contributed by atoms with Crippen LogP contribution in [0.4, 0.5) is 0 Å². The smallest absolute Gasteiger partial charge is 0.220 e. The highest BCUT2D eigenvalue weighted by atomic mass is 16.1. The van der Waals surface area contributed by atoms with Gasteiger partial charge in [-0.05, 0) is 32.2 Å². The Morgan fingerprint density at radius 1 is 1.21 bits per heavy atom. The van der Waals surface area contributed by atoms with Crippen LogP contribution in [0.1, 0.15) is 51.4 Å². The first-order chi connectivity index (χ1) is 6.83. The van der Waals surface area contributed by atoms with Gasteiger partial charge in [0.05, 0.1) is 0 Å². The van der Waals surface area contributed by atoms with Gasteiger partial charge in [-0.1, -0.05) is 19.3 Å². The first-order valence-corrected chi connectivity index (χ1v) is 5.82. The van der Waals surface area contributed by atoms with Gasteiger partial charge in [0.2, 0.25) is 5.91 Å². The molecule has 0 aromatic heterocycles. The number of nitrogens with two attached hydrogens (primary N) is 1. The Morgan fingerprint density at radius 3 is 2.57 bits per heavy atom. The van der Waals surface area contributed by atoms with Crippen molar-refractivity contribution in [2.45, 2.75) is 57.4 Å². The zero-order chi connectivity index (χ0) is 10.2.